The van der Waals surface area contributed by atoms with Gasteiger partial charge in [0.05, 0.1) is 19.0 Å². The predicted octanol–water partition coefficient (Wildman–Crippen LogP) is 10.2. The number of ether oxygens (including phenoxy) is 3. The SMILES string of the molecule is CCCCCC1CCC(c2ccc(-c3cc(F)c(C(F)(F)Oc4cc(F)c(O/C=C/C(F)F)c(F)c4)c(F)c3)cc2)OC1. The second-order valence-corrected chi connectivity index (χ2v) is 10.3. The number of hydrogen-bond donors (Lipinski definition) is 0. The second kappa shape index (κ2) is 14.2. The van der Waals surface area contributed by atoms with Gasteiger partial charge in [0.1, 0.15) is 22.9 Å². The van der Waals surface area contributed by atoms with Gasteiger partial charge in [-0.2, -0.15) is 8.78 Å². The molecule has 11 heteroatoms. The Balaban J connectivity index is 1.45. The van der Waals surface area contributed by atoms with Crippen molar-refractivity contribution in [1.82, 2.24) is 0 Å². The highest BCUT2D eigenvalue weighted by atomic mass is 19.3. The van der Waals surface area contributed by atoms with Gasteiger partial charge >= 0.3 is 6.11 Å². The summed E-state index contributed by atoms with van der Waals surface area (Å²) < 4.78 is 127. The molecule has 232 valence electrons. The van der Waals surface area contributed by atoms with E-state index in [-0.39, 0.29) is 29.9 Å². The zero-order chi connectivity index (χ0) is 31.1. The Hall–Kier alpha value is -3.60. The molecular weight excluding hydrogens is 584 g/mol. The molecule has 3 aromatic rings. The van der Waals surface area contributed by atoms with Gasteiger partial charge in [-0.25, -0.2) is 26.3 Å². The molecule has 1 aliphatic heterocycles. The van der Waals surface area contributed by atoms with Crippen molar-refractivity contribution in [3.8, 4) is 22.6 Å². The summed E-state index contributed by atoms with van der Waals surface area (Å²) in [6.07, 6.45) is -0.677. The maximum Gasteiger partial charge on any atom is 0.432 e. The Labute approximate surface area is 244 Å². The minimum Gasteiger partial charge on any atom is -0.459 e. The van der Waals surface area contributed by atoms with Gasteiger partial charge in [-0.1, -0.05) is 50.5 Å². The van der Waals surface area contributed by atoms with E-state index in [1.807, 2.05) is 0 Å². The summed E-state index contributed by atoms with van der Waals surface area (Å²) in [4.78, 5) is 0. The standard InChI is InChI=1S/C32H30F8O3/c1-2-3-4-5-19-6-11-28(42-18-19)21-9-7-20(8-10-21)22-14-24(33)30(25(34)15-22)32(39,40)43-23-16-26(35)31(27(36)17-23)41-13-12-29(37)38/h7-10,12-17,19,28-29H,2-6,11,18H2,1H3/b13-12+. The molecule has 3 aromatic carbocycles. The van der Waals surface area contributed by atoms with Gasteiger partial charge in [-0.15, -0.1) is 0 Å². The van der Waals surface area contributed by atoms with E-state index in [0.717, 1.165) is 31.2 Å². The Morgan fingerprint density at radius 3 is 2.09 bits per heavy atom. The third-order valence-electron chi connectivity index (χ3n) is 7.16. The minimum absolute atomic E-state index is 0.0166. The van der Waals surface area contributed by atoms with Crippen LogP contribution in [0.4, 0.5) is 35.1 Å². The van der Waals surface area contributed by atoms with E-state index >= 15 is 0 Å². The molecule has 0 aliphatic carbocycles. The Morgan fingerprint density at radius 1 is 0.884 bits per heavy atom. The van der Waals surface area contributed by atoms with Crippen LogP contribution in [-0.4, -0.2) is 13.0 Å². The van der Waals surface area contributed by atoms with Crippen molar-refractivity contribution >= 4 is 0 Å². The fourth-order valence-electron chi connectivity index (χ4n) is 4.96. The molecule has 3 nitrogen and oxygen atoms in total. The van der Waals surface area contributed by atoms with Crippen LogP contribution in [0.25, 0.3) is 11.1 Å². The van der Waals surface area contributed by atoms with E-state index in [0.29, 0.717) is 36.5 Å². The van der Waals surface area contributed by atoms with E-state index in [4.69, 9.17) is 4.74 Å². The van der Waals surface area contributed by atoms with Crippen LogP contribution in [0, 0.1) is 29.2 Å². The van der Waals surface area contributed by atoms with Gasteiger partial charge in [0, 0.05) is 18.2 Å². The molecule has 4 rings (SSSR count). The van der Waals surface area contributed by atoms with Crippen LogP contribution < -0.4 is 9.47 Å². The maximum absolute atomic E-state index is 14.9. The summed E-state index contributed by atoms with van der Waals surface area (Å²) >= 11 is 0. The molecule has 0 amide bonds. The van der Waals surface area contributed by atoms with E-state index in [2.05, 4.69) is 16.4 Å². The van der Waals surface area contributed by atoms with Crippen molar-refractivity contribution in [3.05, 3.63) is 95.3 Å². The Morgan fingerprint density at radius 2 is 1.53 bits per heavy atom. The molecular formula is C32H30F8O3. The molecule has 0 radical (unpaired) electrons. The first-order valence-corrected chi connectivity index (χ1v) is 13.9. The largest absolute Gasteiger partial charge is 0.459 e. The van der Waals surface area contributed by atoms with Crippen LogP contribution in [0.5, 0.6) is 11.5 Å². The monoisotopic (exact) mass is 614 g/mol. The second-order valence-electron chi connectivity index (χ2n) is 10.3. The van der Waals surface area contributed by atoms with Crippen LogP contribution in [0.1, 0.15) is 62.7 Å². The molecule has 0 spiro atoms. The lowest BCUT2D eigenvalue weighted by molar-refractivity contribution is -0.189. The number of halogens is 8. The molecule has 0 N–H and O–H groups in total. The summed E-state index contributed by atoms with van der Waals surface area (Å²) in [5.74, 6) is -8.20. The lowest BCUT2D eigenvalue weighted by Gasteiger charge is -2.29. The molecule has 0 bridgehead atoms. The molecule has 1 saturated heterocycles. The summed E-state index contributed by atoms with van der Waals surface area (Å²) in [6, 6.07) is 8.68. The van der Waals surface area contributed by atoms with Crippen molar-refractivity contribution in [2.45, 2.75) is 64.1 Å². The zero-order valence-electron chi connectivity index (χ0n) is 23.2. The predicted molar refractivity (Wildman–Crippen MR) is 144 cm³/mol. The number of unbranched alkanes of at least 4 members (excludes halogenated alkanes) is 2. The first-order chi connectivity index (χ1) is 20.5. The minimum atomic E-state index is -4.68. The maximum atomic E-state index is 14.9. The number of hydrogen-bond acceptors (Lipinski definition) is 3. The number of alkyl halides is 4. The Bertz CT molecular complexity index is 1350. The average molecular weight is 615 g/mol. The van der Waals surface area contributed by atoms with Crippen molar-refractivity contribution < 1.29 is 49.3 Å². The van der Waals surface area contributed by atoms with E-state index < -0.39 is 52.9 Å². The van der Waals surface area contributed by atoms with Gasteiger partial charge < -0.3 is 14.2 Å². The van der Waals surface area contributed by atoms with Crippen LogP contribution in [-0.2, 0) is 10.8 Å². The van der Waals surface area contributed by atoms with Gasteiger partial charge in [-0.3, -0.25) is 0 Å². The normalized spacial score (nSPS) is 17.5. The first kappa shape index (κ1) is 32.3. The molecule has 2 unspecified atom stereocenters. The zero-order valence-corrected chi connectivity index (χ0v) is 23.2. The van der Waals surface area contributed by atoms with Gasteiger partial charge in [-0.05, 0) is 54.0 Å². The van der Waals surface area contributed by atoms with Crippen LogP contribution in [0.15, 0.2) is 60.9 Å². The van der Waals surface area contributed by atoms with E-state index in [1.54, 1.807) is 24.3 Å². The molecule has 0 saturated carbocycles. The summed E-state index contributed by atoms with van der Waals surface area (Å²) in [5, 5.41) is 0. The van der Waals surface area contributed by atoms with E-state index in [9.17, 15) is 35.1 Å². The molecule has 1 heterocycles. The molecule has 1 aliphatic rings. The fraction of sp³-hybridized carbons (Fsp3) is 0.375. The highest BCUT2D eigenvalue weighted by Gasteiger charge is 2.41. The molecule has 43 heavy (non-hydrogen) atoms. The van der Waals surface area contributed by atoms with Crippen LogP contribution in [0.2, 0.25) is 0 Å². The third kappa shape index (κ3) is 8.28. The lowest BCUT2D eigenvalue weighted by Crippen LogP contribution is -2.25. The summed E-state index contributed by atoms with van der Waals surface area (Å²) in [5.41, 5.74) is -0.518. The first-order valence-electron chi connectivity index (χ1n) is 13.9. The Kier molecular flexibility index (Phi) is 10.7. The average Bonchev–Trinajstić information content (AvgIpc) is 2.94. The van der Waals surface area contributed by atoms with Crippen molar-refractivity contribution in [3.63, 3.8) is 0 Å². The molecule has 1 fully saturated rings. The summed E-state index contributed by atoms with van der Waals surface area (Å²) in [7, 11) is 0. The summed E-state index contributed by atoms with van der Waals surface area (Å²) in [6.45, 7) is 2.83. The topological polar surface area (TPSA) is 27.7 Å². The molecule has 0 aromatic heterocycles. The van der Waals surface area contributed by atoms with Crippen LogP contribution in [0.3, 0.4) is 0 Å². The highest BCUT2D eigenvalue weighted by Crippen LogP contribution is 2.39. The number of allylic oxidation sites excluding steroid dienone is 1. The van der Waals surface area contributed by atoms with Gasteiger partial charge in [0.25, 0.3) is 6.43 Å². The van der Waals surface area contributed by atoms with Crippen LogP contribution >= 0.6 is 0 Å². The highest BCUT2D eigenvalue weighted by molar-refractivity contribution is 5.64. The smallest absolute Gasteiger partial charge is 0.432 e. The van der Waals surface area contributed by atoms with Crippen molar-refractivity contribution in [2.75, 3.05) is 6.61 Å². The van der Waals surface area contributed by atoms with Gasteiger partial charge in [0.2, 0.25) is 0 Å². The quantitative estimate of drug-likeness (QED) is 0.115. The van der Waals surface area contributed by atoms with Crippen molar-refractivity contribution in [1.29, 1.82) is 0 Å². The number of benzene rings is 3. The van der Waals surface area contributed by atoms with E-state index in [1.165, 1.54) is 12.8 Å². The van der Waals surface area contributed by atoms with Crippen molar-refractivity contribution in [2.24, 2.45) is 5.92 Å². The fourth-order valence-corrected chi connectivity index (χ4v) is 4.96. The number of rotatable bonds is 12. The molecule has 2 atom stereocenters. The lowest BCUT2D eigenvalue weighted by atomic mass is 9.90. The van der Waals surface area contributed by atoms with Gasteiger partial charge in [0.15, 0.2) is 17.4 Å². The third-order valence-corrected chi connectivity index (χ3v) is 7.16.